The van der Waals surface area contributed by atoms with E-state index in [1.54, 1.807) is 13.0 Å². The summed E-state index contributed by atoms with van der Waals surface area (Å²) in [5, 5.41) is 16.7. The Balaban J connectivity index is 2.94. The van der Waals surface area contributed by atoms with Gasteiger partial charge in [0.2, 0.25) is 0 Å². The first-order valence-corrected chi connectivity index (χ1v) is 4.22. The Kier molecular flexibility index (Phi) is 1.89. The molecule has 0 fully saturated rings. The third-order valence-electron chi connectivity index (χ3n) is 1.88. The van der Waals surface area contributed by atoms with Crippen molar-refractivity contribution in [1.29, 1.82) is 0 Å². The summed E-state index contributed by atoms with van der Waals surface area (Å²) in [6.07, 6.45) is 0. The monoisotopic (exact) mass is 211 g/mol. The van der Waals surface area contributed by atoms with Crippen LogP contribution in [0.15, 0.2) is 12.1 Å². The Morgan fingerprint density at radius 3 is 2.86 bits per heavy atom. The van der Waals surface area contributed by atoms with Crippen LogP contribution in [0.5, 0.6) is 0 Å². The molecule has 0 aliphatic heterocycles. The zero-order valence-corrected chi connectivity index (χ0v) is 7.99. The van der Waals surface area contributed by atoms with E-state index in [2.05, 4.69) is 10.2 Å². The lowest BCUT2D eigenvalue weighted by Crippen LogP contribution is -2.07. The molecule has 0 amide bonds. The molecule has 2 aromatic rings. The van der Waals surface area contributed by atoms with Crippen LogP contribution in [-0.4, -0.2) is 25.7 Å². The van der Waals surface area contributed by atoms with E-state index in [4.69, 9.17) is 16.7 Å². The van der Waals surface area contributed by atoms with E-state index >= 15 is 0 Å². The fraction of sp³-hybridized carbons (Fsp3) is 0.125. The summed E-state index contributed by atoms with van der Waals surface area (Å²) in [4.78, 5) is 10.9. The van der Waals surface area contributed by atoms with E-state index in [9.17, 15) is 4.79 Å². The van der Waals surface area contributed by atoms with Crippen LogP contribution in [0.3, 0.4) is 0 Å². The molecular weight excluding hydrogens is 206 g/mol. The highest BCUT2D eigenvalue weighted by Crippen LogP contribution is 2.18. The number of aryl methyl sites for hydroxylation is 1. The molecule has 0 saturated heterocycles. The number of carbonyl (C=O) groups is 1. The summed E-state index contributed by atoms with van der Waals surface area (Å²) in [5.41, 5.74) is 0.468. The third-order valence-corrected chi connectivity index (χ3v) is 2.19. The minimum atomic E-state index is -1.09. The molecule has 2 aromatic heterocycles. The van der Waals surface area contributed by atoms with E-state index in [0.717, 1.165) is 0 Å². The van der Waals surface area contributed by atoms with Gasteiger partial charge in [-0.25, -0.2) is 4.79 Å². The van der Waals surface area contributed by atoms with Crippen LogP contribution >= 0.6 is 11.6 Å². The number of aromatic carboxylic acids is 1. The molecule has 2 heterocycles. The van der Waals surface area contributed by atoms with Crippen LogP contribution in [0.4, 0.5) is 0 Å². The van der Waals surface area contributed by atoms with Crippen LogP contribution < -0.4 is 0 Å². The van der Waals surface area contributed by atoms with E-state index in [1.165, 1.54) is 10.5 Å². The highest BCUT2D eigenvalue weighted by Gasteiger charge is 2.15. The molecule has 6 heteroatoms. The molecule has 14 heavy (non-hydrogen) atoms. The predicted molar refractivity (Wildman–Crippen MR) is 49.7 cm³/mol. The smallest absolute Gasteiger partial charge is 0.354 e. The Morgan fingerprint density at radius 1 is 1.50 bits per heavy atom. The zero-order chi connectivity index (χ0) is 10.3. The second kappa shape index (κ2) is 2.95. The van der Waals surface area contributed by atoms with E-state index in [-0.39, 0.29) is 10.7 Å². The fourth-order valence-corrected chi connectivity index (χ4v) is 1.52. The van der Waals surface area contributed by atoms with Gasteiger partial charge in [-0.2, -0.15) is 0 Å². The van der Waals surface area contributed by atoms with Crippen LogP contribution in [0.2, 0.25) is 5.02 Å². The molecule has 0 unspecified atom stereocenters. The summed E-state index contributed by atoms with van der Waals surface area (Å²) < 4.78 is 1.41. The predicted octanol–water partition coefficient (Wildman–Crippen LogP) is 1.39. The highest BCUT2D eigenvalue weighted by atomic mass is 35.5. The summed E-state index contributed by atoms with van der Waals surface area (Å²) in [7, 11) is 0. The van der Waals surface area contributed by atoms with Crippen molar-refractivity contribution in [3.63, 3.8) is 0 Å². The first-order chi connectivity index (χ1) is 6.61. The molecule has 5 nitrogen and oxygen atoms in total. The van der Waals surface area contributed by atoms with Gasteiger partial charge >= 0.3 is 5.97 Å². The lowest BCUT2D eigenvalue weighted by atomic mass is 10.3. The minimum Gasteiger partial charge on any atom is -0.477 e. The van der Waals surface area contributed by atoms with Crippen molar-refractivity contribution in [2.75, 3.05) is 0 Å². The van der Waals surface area contributed by atoms with E-state index < -0.39 is 5.97 Å². The topological polar surface area (TPSA) is 67.5 Å². The van der Waals surface area contributed by atoms with Gasteiger partial charge in [0.1, 0.15) is 5.82 Å². The quantitative estimate of drug-likeness (QED) is 0.774. The summed E-state index contributed by atoms with van der Waals surface area (Å²) in [6.45, 7) is 1.67. The van der Waals surface area contributed by atoms with Crippen molar-refractivity contribution in [1.82, 2.24) is 14.6 Å². The number of carboxylic acid groups (broad SMARTS) is 1. The fourth-order valence-electron chi connectivity index (χ4n) is 1.29. The molecule has 0 saturated carbocycles. The van der Waals surface area contributed by atoms with Crippen molar-refractivity contribution < 1.29 is 9.90 Å². The number of pyridine rings is 1. The van der Waals surface area contributed by atoms with Gasteiger partial charge in [0.15, 0.2) is 11.3 Å². The minimum absolute atomic E-state index is 0.00772. The molecular formula is C8H6ClN3O2. The Hall–Kier alpha value is -1.62. The SMILES string of the molecule is Cc1nnc2ccc(Cl)c(C(=O)O)n12. The summed E-state index contributed by atoms with van der Waals surface area (Å²) >= 11 is 5.77. The molecule has 0 spiro atoms. The van der Waals surface area contributed by atoms with Gasteiger partial charge in [-0.3, -0.25) is 4.40 Å². The Morgan fingerprint density at radius 2 is 2.21 bits per heavy atom. The standard InChI is InChI=1S/C8H6ClN3O2/c1-4-10-11-6-3-2-5(9)7(8(13)14)12(4)6/h2-3H,1H3,(H,13,14). The number of carboxylic acids is 1. The van der Waals surface area contributed by atoms with Crippen molar-refractivity contribution >= 4 is 23.2 Å². The highest BCUT2D eigenvalue weighted by molar-refractivity contribution is 6.33. The number of hydrogen-bond acceptors (Lipinski definition) is 3. The van der Waals surface area contributed by atoms with Gasteiger partial charge < -0.3 is 5.11 Å². The number of rotatable bonds is 1. The zero-order valence-electron chi connectivity index (χ0n) is 7.23. The molecule has 72 valence electrons. The van der Waals surface area contributed by atoms with Gasteiger partial charge in [0, 0.05) is 0 Å². The van der Waals surface area contributed by atoms with Gasteiger partial charge in [-0.15, -0.1) is 10.2 Å². The van der Waals surface area contributed by atoms with Crippen LogP contribution in [0.1, 0.15) is 16.3 Å². The van der Waals surface area contributed by atoms with Gasteiger partial charge in [-0.1, -0.05) is 11.6 Å². The molecule has 0 bridgehead atoms. The van der Waals surface area contributed by atoms with E-state index in [1.807, 2.05) is 0 Å². The molecule has 0 aliphatic carbocycles. The molecule has 0 radical (unpaired) electrons. The lowest BCUT2D eigenvalue weighted by molar-refractivity contribution is 0.0688. The van der Waals surface area contributed by atoms with E-state index in [0.29, 0.717) is 11.5 Å². The largest absolute Gasteiger partial charge is 0.477 e. The second-order valence-electron chi connectivity index (χ2n) is 2.78. The van der Waals surface area contributed by atoms with Crippen LogP contribution in [0, 0.1) is 6.92 Å². The molecule has 2 rings (SSSR count). The van der Waals surface area contributed by atoms with Gasteiger partial charge in [0.25, 0.3) is 0 Å². The maximum Gasteiger partial charge on any atom is 0.354 e. The summed E-state index contributed by atoms with van der Waals surface area (Å²) in [6, 6.07) is 3.11. The van der Waals surface area contributed by atoms with Gasteiger partial charge in [-0.05, 0) is 19.1 Å². The number of fused-ring (bicyclic) bond motifs is 1. The molecule has 0 aromatic carbocycles. The second-order valence-corrected chi connectivity index (χ2v) is 3.18. The van der Waals surface area contributed by atoms with Crippen molar-refractivity contribution in [2.45, 2.75) is 6.92 Å². The first-order valence-electron chi connectivity index (χ1n) is 3.85. The lowest BCUT2D eigenvalue weighted by Gasteiger charge is -2.02. The summed E-state index contributed by atoms with van der Waals surface area (Å²) in [5.74, 6) is -0.594. The molecule has 1 N–H and O–H groups in total. The van der Waals surface area contributed by atoms with Crippen molar-refractivity contribution in [2.24, 2.45) is 0 Å². The number of aromatic nitrogens is 3. The third kappa shape index (κ3) is 1.13. The Bertz CT molecular complexity index is 521. The van der Waals surface area contributed by atoms with Crippen LogP contribution in [-0.2, 0) is 0 Å². The normalized spacial score (nSPS) is 10.7. The first kappa shape index (κ1) is 8.96. The average molecular weight is 212 g/mol. The number of halogens is 1. The van der Waals surface area contributed by atoms with Crippen molar-refractivity contribution in [3.8, 4) is 0 Å². The number of nitrogens with zero attached hydrogens (tertiary/aromatic N) is 3. The van der Waals surface area contributed by atoms with Gasteiger partial charge in [0.05, 0.1) is 5.02 Å². The average Bonchev–Trinajstić information content (AvgIpc) is 2.47. The molecule has 0 aliphatic rings. The van der Waals surface area contributed by atoms with Crippen molar-refractivity contribution in [3.05, 3.63) is 28.7 Å². The van der Waals surface area contributed by atoms with Crippen LogP contribution in [0.25, 0.3) is 5.65 Å². The maximum atomic E-state index is 10.9. The molecule has 0 atom stereocenters. The number of hydrogen-bond donors (Lipinski definition) is 1. The Labute approximate surface area is 83.9 Å². The maximum absolute atomic E-state index is 10.9.